The van der Waals surface area contributed by atoms with E-state index in [-0.39, 0.29) is 6.04 Å². The van der Waals surface area contributed by atoms with Gasteiger partial charge in [0.25, 0.3) is 0 Å². The zero-order valence-corrected chi connectivity index (χ0v) is 13.0. The van der Waals surface area contributed by atoms with Gasteiger partial charge in [-0.2, -0.15) is 0 Å². The highest BCUT2D eigenvalue weighted by atomic mass is 79.9. The fourth-order valence-electron chi connectivity index (χ4n) is 2.27. The molecule has 2 rings (SSSR count). The Hall–Kier alpha value is -1.06. The van der Waals surface area contributed by atoms with Crippen molar-refractivity contribution in [3.8, 4) is 0 Å². The summed E-state index contributed by atoms with van der Waals surface area (Å²) in [4.78, 5) is 0. The number of benzene rings is 1. The van der Waals surface area contributed by atoms with Crippen molar-refractivity contribution in [2.24, 2.45) is 0 Å². The van der Waals surface area contributed by atoms with Gasteiger partial charge in [0.1, 0.15) is 5.76 Å². The van der Waals surface area contributed by atoms with Crippen LogP contribution in [-0.4, -0.2) is 6.54 Å². The molecule has 0 aliphatic rings. The Bertz CT molecular complexity index is 521. The van der Waals surface area contributed by atoms with Gasteiger partial charge in [-0.15, -0.1) is 0 Å². The van der Waals surface area contributed by atoms with Gasteiger partial charge in [-0.1, -0.05) is 38.1 Å². The van der Waals surface area contributed by atoms with E-state index in [9.17, 15) is 0 Å². The highest BCUT2D eigenvalue weighted by Gasteiger charge is 2.19. The maximum atomic E-state index is 5.75. The molecule has 0 bridgehead atoms. The quantitative estimate of drug-likeness (QED) is 0.834. The number of hydrogen-bond donors (Lipinski definition) is 1. The molecule has 19 heavy (non-hydrogen) atoms. The summed E-state index contributed by atoms with van der Waals surface area (Å²) in [5, 5.41) is 3.58. The van der Waals surface area contributed by atoms with Crippen molar-refractivity contribution in [3.05, 3.63) is 58.0 Å². The summed E-state index contributed by atoms with van der Waals surface area (Å²) < 4.78 is 6.53. The number of rotatable bonds is 6. The highest BCUT2D eigenvalue weighted by molar-refractivity contribution is 9.10. The van der Waals surface area contributed by atoms with Crippen LogP contribution in [0.1, 0.15) is 43.2 Å². The first-order chi connectivity index (χ1) is 9.26. The molecule has 1 N–H and O–H groups in total. The topological polar surface area (TPSA) is 25.2 Å². The Kier molecular flexibility index (Phi) is 5.23. The lowest BCUT2D eigenvalue weighted by atomic mass is 9.97. The molecule has 1 atom stereocenters. The van der Waals surface area contributed by atoms with Gasteiger partial charge in [-0.25, -0.2) is 0 Å². The molecular formula is C16H20BrNO. The molecule has 1 aromatic carbocycles. The first kappa shape index (κ1) is 14.4. The monoisotopic (exact) mass is 321 g/mol. The maximum absolute atomic E-state index is 5.75. The third kappa shape index (κ3) is 3.48. The average molecular weight is 322 g/mol. The van der Waals surface area contributed by atoms with Crippen LogP contribution in [0.4, 0.5) is 0 Å². The minimum absolute atomic E-state index is 0.127. The number of furan rings is 1. The van der Waals surface area contributed by atoms with E-state index in [0.717, 1.165) is 29.8 Å². The Labute approximate surface area is 123 Å². The molecule has 2 nitrogen and oxygen atoms in total. The fourth-order valence-corrected chi connectivity index (χ4v) is 2.59. The second-order valence-electron chi connectivity index (χ2n) is 4.58. The average Bonchev–Trinajstić information content (AvgIpc) is 2.86. The Morgan fingerprint density at radius 2 is 1.95 bits per heavy atom. The lowest BCUT2D eigenvalue weighted by molar-refractivity contribution is 0.432. The summed E-state index contributed by atoms with van der Waals surface area (Å²) in [5.74, 6) is 0.959. The molecule has 1 unspecified atom stereocenters. The van der Waals surface area contributed by atoms with Gasteiger partial charge in [-0.05, 0) is 58.6 Å². The highest BCUT2D eigenvalue weighted by Crippen LogP contribution is 2.28. The summed E-state index contributed by atoms with van der Waals surface area (Å²) >= 11 is 3.38. The van der Waals surface area contributed by atoms with Crippen LogP contribution in [0.3, 0.4) is 0 Å². The summed E-state index contributed by atoms with van der Waals surface area (Å²) in [6, 6.07) is 12.7. The molecule has 0 saturated carbocycles. The van der Waals surface area contributed by atoms with Crippen LogP contribution in [0.5, 0.6) is 0 Å². The molecule has 0 fully saturated rings. The van der Waals surface area contributed by atoms with Gasteiger partial charge in [0, 0.05) is 0 Å². The number of halogens is 1. The van der Waals surface area contributed by atoms with Gasteiger partial charge in [-0.3, -0.25) is 0 Å². The predicted molar refractivity (Wildman–Crippen MR) is 82.4 cm³/mol. The van der Waals surface area contributed by atoms with Crippen molar-refractivity contribution >= 4 is 15.9 Å². The van der Waals surface area contributed by atoms with Crippen molar-refractivity contribution in [3.63, 3.8) is 0 Å². The van der Waals surface area contributed by atoms with Crippen LogP contribution >= 0.6 is 15.9 Å². The van der Waals surface area contributed by atoms with Crippen molar-refractivity contribution < 1.29 is 4.42 Å². The third-order valence-electron chi connectivity index (χ3n) is 3.22. The van der Waals surface area contributed by atoms with E-state index in [1.807, 2.05) is 12.1 Å². The standard InChI is InChI=1S/C16H20BrNO/c1-3-11-18-16(14-9-10-15(17)19-14)13-8-6-5-7-12(13)4-2/h5-10,16,18H,3-4,11H2,1-2H3. The first-order valence-corrected chi connectivity index (χ1v) is 7.62. The number of nitrogens with one attached hydrogen (secondary N) is 1. The van der Waals surface area contributed by atoms with Crippen molar-refractivity contribution in [2.45, 2.75) is 32.7 Å². The number of aryl methyl sites for hydroxylation is 1. The molecule has 3 heteroatoms. The molecule has 0 aliphatic carbocycles. The second kappa shape index (κ2) is 6.92. The maximum Gasteiger partial charge on any atom is 0.169 e. The molecule has 0 radical (unpaired) electrons. The second-order valence-corrected chi connectivity index (χ2v) is 5.36. The molecule has 0 saturated heterocycles. The van der Waals surface area contributed by atoms with E-state index >= 15 is 0 Å². The van der Waals surface area contributed by atoms with E-state index in [2.05, 4.69) is 59.4 Å². The van der Waals surface area contributed by atoms with Gasteiger partial charge < -0.3 is 9.73 Å². The number of hydrogen-bond acceptors (Lipinski definition) is 2. The van der Waals surface area contributed by atoms with Crippen LogP contribution in [0.2, 0.25) is 0 Å². The van der Waals surface area contributed by atoms with Gasteiger partial charge >= 0.3 is 0 Å². The lowest BCUT2D eigenvalue weighted by Crippen LogP contribution is -2.23. The predicted octanol–water partition coefficient (Wildman–Crippen LogP) is 4.69. The van der Waals surface area contributed by atoms with E-state index in [1.165, 1.54) is 11.1 Å². The molecule has 0 amide bonds. The first-order valence-electron chi connectivity index (χ1n) is 6.82. The minimum atomic E-state index is 0.127. The minimum Gasteiger partial charge on any atom is -0.452 e. The van der Waals surface area contributed by atoms with Crippen molar-refractivity contribution in [2.75, 3.05) is 6.54 Å². The van der Waals surface area contributed by atoms with Crippen LogP contribution in [0, 0.1) is 0 Å². The van der Waals surface area contributed by atoms with E-state index < -0.39 is 0 Å². The third-order valence-corrected chi connectivity index (χ3v) is 3.65. The molecule has 0 spiro atoms. The van der Waals surface area contributed by atoms with E-state index in [0.29, 0.717) is 0 Å². The molecule has 2 aromatic rings. The van der Waals surface area contributed by atoms with Crippen LogP contribution in [0.25, 0.3) is 0 Å². The molecule has 1 aromatic heterocycles. The van der Waals surface area contributed by atoms with Crippen LogP contribution in [-0.2, 0) is 6.42 Å². The normalized spacial score (nSPS) is 12.6. The largest absolute Gasteiger partial charge is 0.452 e. The van der Waals surface area contributed by atoms with Crippen molar-refractivity contribution in [1.29, 1.82) is 0 Å². The Balaban J connectivity index is 2.36. The lowest BCUT2D eigenvalue weighted by Gasteiger charge is -2.19. The zero-order valence-electron chi connectivity index (χ0n) is 11.4. The van der Waals surface area contributed by atoms with Gasteiger partial charge in [0.05, 0.1) is 6.04 Å². The summed E-state index contributed by atoms with van der Waals surface area (Å²) in [6.45, 7) is 5.34. The molecule has 0 aliphatic heterocycles. The fraction of sp³-hybridized carbons (Fsp3) is 0.375. The summed E-state index contributed by atoms with van der Waals surface area (Å²) in [7, 11) is 0. The summed E-state index contributed by atoms with van der Waals surface area (Å²) in [6.07, 6.45) is 2.13. The van der Waals surface area contributed by atoms with Gasteiger partial charge in [0.2, 0.25) is 0 Å². The van der Waals surface area contributed by atoms with E-state index in [1.54, 1.807) is 0 Å². The molecule has 102 valence electrons. The Morgan fingerprint density at radius 1 is 1.16 bits per heavy atom. The molecular weight excluding hydrogens is 302 g/mol. The van der Waals surface area contributed by atoms with Crippen LogP contribution < -0.4 is 5.32 Å². The summed E-state index contributed by atoms with van der Waals surface area (Å²) in [5.41, 5.74) is 2.67. The van der Waals surface area contributed by atoms with Gasteiger partial charge in [0.15, 0.2) is 4.67 Å². The SMILES string of the molecule is CCCNC(c1ccc(Br)o1)c1ccccc1CC. The van der Waals surface area contributed by atoms with Crippen LogP contribution in [0.15, 0.2) is 45.5 Å². The molecule has 1 heterocycles. The smallest absolute Gasteiger partial charge is 0.169 e. The van der Waals surface area contributed by atoms with Crippen molar-refractivity contribution in [1.82, 2.24) is 5.32 Å². The van der Waals surface area contributed by atoms with E-state index in [4.69, 9.17) is 4.42 Å². The zero-order chi connectivity index (χ0) is 13.7. The Morgan fingerprint density at radius 3 is 2.58 bits per heavy atom.